The van der Waals surface area contributed by atoms with E-state index in [1.165, 1.54) is 0 Å². The maximum Gasteiger partial charge on any atom is 0.331 e. The molecule has 0 aliphatic heterocycles. The Morgan fingerprint density at radius 2 is 2.50 bits per heavy atom. The van der Waals surface area contributed by atoms with E-state index in [4.69, 9.17) is 5.11 Å². The number of carbonyl (C=O) groups is 1. The summed E-state index contributed by atoms with van der Waals surface area (Å²) in [6, 6.07) is 0. The van der Waals surface area contributed by atoms with Crippen LogP contribution in [-0.4, -0.2) is 11.1 Å². The number of hydrogen-bond acceptors (Lipinski definition) is 1. The lowest BCUT2D eigenvalue weighted by molar-refractivity contribution is -0.133. The quantitative estimate of drug-likeness (QED) is 0.649. The van der Waals surface area contributed by atoms with Crippen molar-refractivity contribution in [2.45, 2.75) is 26.2 Å². The Labute approximate surface area is 60.6 Å². The van der Waals surface area contributed by atoms with E-state index in [-0.39, 0.29) is 0 Å². The first-order valence-corrected chi connectivity index (χ1v) is 3.68. The Bertz CT molecular complexity index is 170. The van der Waals surface area contributed by atoms with Crippen LogP contribution in [0.3, 0.4) is 0 Å². The van der Waals surface area contributed by atoms with E-state index in [1.807, 2.05) is 6.08 Å². The van der Waals surface area contributed by atoms with Crippen LogP contribution in [0.5, 0.6) is 0 Å². The molecule has 10 heavy (non-hydrogen) atoms. The summed E-state index contributed by atoms with van der Waals surface area (Å²) in [7, 11) is 0. The molecule has 0 fully saturated rings. The van der Waals surface area contributed by atoms with Crippen LogP contribution in [0.25, 0.3) is 0 Å². The predicted molar refractivity (Wildman–Crippen MR) is 38.7 cm³/mol. The van der Waals surface area contributed by atoms with Crippen molar-refractivity contribution in [1.29, 1.82) is 0 Å². The number of aliphatic carboxylic acids is 1. The van der Waals surface area contributed by atoms with E-state index in [2.05, 4.69) is 6.92 Å². The van der Waals surface area contributed by atoms with Gasteiger partial charge in [0, 0.05) is 5.57 Å². The van der Waals surface area contributed by atoms with Crippen molar-refractivity contribution in [2.75, 3.05) is 0 Å². The third-order valence-electron chi connectivity index (χ3n) is 1.85. The molecule has 0 aromatic rings. The van der Waals surface area contributed by atoms with E-state index < -0.39 is 5.97 Å². The van der Waals surface area contributed by atoms with Crippen molar-refractivity contribution in [3.05, 3.63) is 11.6 Å². The van der Waals surface area contributed by atoms with Gasteiger partial charge in [-0.3, -0.25) is 0 Å². The van der Waals surface area contributed by atoms with E-state index >= 15 is 0 Å². The highest BCUT2D eigenvalue weighted by atomic mass is 16.4. The second kappa shape index (κ2) is 2.86. The summed E-state index contributed by atoms with van der Waals surface area (Å²) in [5, 5.41) is 8.45. The molecule has 1 unspecified atom stereocenters. The van der Waals surface area contributed by atoms with Crippen LogP contribution in [-0.2, 0) is 4.79 Å². The minimum absolute atomic E-state index is 0.552. The fraction of sp³-hybridized carbons (Fsp3) is 0.625. The minimum Gasteiger partial charge on any atom is -0.478 e. The maximum atomic E-state index is 10.3. The minimum atomic E-state index is -0.743. The molecule has 2 heteroatoms. The molecular formula is C8H12O2. The molecule has 0 radical (unpaired) electrons. The van der Waals surface area contributed by atoms with E-state index in [9.17, 15) is 4.79 Å². The second-order valence-electron chi connectivity index (χ2n) is 2.75. The first-order valence-electron chi connectivity index (χ1n) is 3.68. The lowest BCUT2D eigenvalue weighted by Gasteiger charge is -2.21. The predicted octanol–water partition coefficient (Wildman–Crippen LogP) is 1.82. The first kappa shape index (κ1) is 7.32. The number of hydrogen-bond donors (Lipinski definition) is 1. The third-order valence-corrected chi connectivity index (χ3v) is 1.85. The van der Waals surface area contributed by atoms with Gasteiger partial charge in [-0.2, -0.15) is 0 Å². The van der Waals surface area contributed by atoms with Gasteiger partial charge in [-0.1, -0.05) is 19.4 Å². The molecular weight excluding hydrogens is 128 g/mol. The number of allylic oxidation sites excluding steroid dienone is 1. The molecule has 0 saturated carbocycles. The van der Waals surface area contributed by atoms with Gasteiger partial charge < -0.3 is 5.11 Å². The molecule has 1 rings (SSSR count). The Kier molecular flexibility index (Phi) is 2.10. The largest absolute Gasteiger partial charge is 0.478 e. The van der Waals surface area contributed by atoms with Gasteiger partial charge >= 0.3 is 5.97 Å². The molecule has 0 aromatic carbocycles. The molecule has 2 nitrogen and oxygen atoms in total. The zero-order valence-electron chi connectivity index (χ0n) is 6.13. The van der Waals surface area contributed by atoms with Crippen LogP contribution >= 0.6 is 0 Å². The average molecular weight is 140 g/mol. The second-order valence-corrected chi connectivity index (χ2v) is 2.75. The zero-order chi connectivity index (χ0) is 7.56. The Balaban J connectivity index is 2.33. The van der Waals surface area contributed by atoms with Crippen LogP contribution in [0.2, 0.25) is 0 Å². The summed E-state index contributed by atoms with van der Waals surface area (Å²) in [5.41, 5.74) is 0.596. The van der Waals surface area contributed by atoms with Crippen molar-refractivity contribution in [3.8, 4) is 0 Å². The van der Waals surface area contributed by atoms with Crippen LogP contribution in [0.4, 0.5) is 0 Å². The zero-order valence-corrected chi connectivity index (χ0v) is 6.13. The van der Waals surface area contributed by atoms with Crippen molar-refractivity contribution in [3.63, 3.8) is 0 Å². The standard InChI is InChI=1S/C8H12O2/c1-2-3-6-4-7(5-6)8(9)10/h4,6H,2-3,5H2,1H3,(H,9,10). The summed E-state index contributed by atoms with van der Waals surface area (Å²) in [6.45, 7) is 2.12. The molecule has 0 saturated heterocycles. The van der Waals surface area contributed by atoms with Crippen LogP contribution in [0.15, 0.2) is 11.6 Å². The van der Waals surface area contributed by atoms with Gasteiger partial charge in [-0.15, -0.1) is 0 Å². The number of carboxylic acid groups (broad SMARTS) is 1. The van der Waals surface area contributed by atoms with Crippen LogP contribution < -0.4 is 0 Å². The van der Waals surface area contributed by atoms with Crippen LogP contribution in [0, 0.1) is 5.92 Å². The highest BCUT2D eigenvalue weighted by Gasteiger charge is 2.22. The highest BCUT2D eigenvalue weighted by Crippen LogP contribution is 2.29. The normalized spacial score (nSPS) is 23.3. The van der Waals surface area contributed by atoms with E-state index in [0.717, 1.165) is 19.3 Å². The van der Waals surface area contributed by atoms with Crippen molar-refractivity contribution in [1.82, 2.24) is 0 Å². The summed E-state index contributed by atoms with van der Waals surface area (Å²) in [4.78, 5) is 10.3. The van der Waals surface area contributed by atoms with Gasteiger partial charge in [-0.05, 0) is 18.8 Å². The summed E-state index contributed by atoms with van der Waals surface area (Å²) in [5.74, 6) is -0.191. The Morgan fingerprint density at radius 1 is 1.90 bits per heavy atom. The van der Waals surface area contributed by atoms with Gasteiger partial charge in [-0.25, -0.2) is 4.79 Å². The molecule has 0 heterocycles. The van der Waals surface area contributed by atoms with E-state index in [1.54, 1.807) is 0 Å². The molecule has 1 aliphatic carbocycles. The van der Waals surface area contributed by atoms with Crippen molar-refractivity contribution < 1.29 is 9.90 Å². The fourth-order valence-corrected chi connectivity index (χ4v) is 1.25. The van der Waals surface area contributed by atoms with Gasteiger partial charge in [0.1, 0.15) is 0 Å². The third kappa shape index (κ3) is 1.38. The van der Waals surface area contributed by atoms with Gasteiger partial charge in [0.2, 0.25) is 0 Å². The lowest BCUT2D eigenvalue weighted by Crippen LogP contribution is -2.16. The molecule has 0 amide bonds. The van der Waals surface area contributed by atoms with Crippen molar-refractivity contribution in [2.24, 2.45) is 5.92 Å². The number of carboxylic acids is 1. The summed E-state index contributed by atoms with van der Waals surface area (Å²) < 4.78 is 0. The molecule has 0 bridgehead atoms. The number of rotatable bonds is 3. The van der Waals surface area contributed by atoms with Crippen molar-refractivity contribution >= 4 is 5.97 Å². The first-order chi connectivity index (χ1) is 4.74. The molecule has 1 atom stereocenters. The van der Waals surface area contributed by atoms with Gasteiger partial charge in [0.25, 0.3) is 0 Å². The molecule has 56 valence electrons. The Morgan fingerprint density at radius 3 is 2.90 bits per heavy atom. The monoisotopic (exact) mass is 140 g/mol. The molecule has 0 aromatic heterocycles. The smallest absolute Gasteiger partial charge is 0.331 e. The molecule has 0 spiro atoms. The highest BCUT2D eigenvalue weighted by molar-refractivity contribution is 5.88. The topological polar surface area (TPSA) is 37.3 Å². The SMILES string of the molecule is CCCC1C=C(C(=O)O)C1. The maximum absolute atomic E-state index is 10.3. The molecule has 1 aliphatic rings. The lowest BCUT2D eigenvalue weighted by atomic mass is 9.83. The van der Waals surface area contributed by atoms with Gasteiger partial charge in [0.15, 0.2) is 0 Å². The average Bonchev–Trinajstić information content (AvgIpc) is 1.76. The van der Waals surface area contributed by atoms with E-state index in [0.29, 0.717) is 11.5 Å². The van der Waals surface area contributed by atoms with Crippen LogP contribution in [0.1, 0.15) is 26.2 Å². The Hall–Kier alpha value is -0.790. The summed E-state index contributed by atoms with van der Waals surface area (Å²) >= 11 is 0. The summed E-state index contributed by atoms with van der Waals surface area (Å²) in [6.07, 6.45) is 4.93. The van der Waals surface area contributed by atoms with Gasteiger partial charge in [0.05, 0.1) is 0 Å². The molecule has 1 N–H and O–H groups in total. The fourth-order valence-electron chi connectivity index (χ4n) is 1.25.